The van der Waals surface area contributed by atoms with Gasteiger partial charge in [0, 0.05) is 6.54 Å². The van der Waals surface area contributed by atoms with Crippen LogP contribution >= 0.6 is 0 Å². The van der Waals surface area contributed by atoms with Crippen molar-refractivity contribution in [2.75, 3.05) is 18.9 Å². The first-order valence-corrected chi connectivity index (χ1v) is 7.43. The quantitative estimate of drug-likeness (QED) is 0.747. The molecule has 0 aromatic rings. The van der Waals surface area contributed by atoms with E-state index in [4.69, 9.17) is 15.2 Å². The van der Waals surface area contributed by atoms with Crippen molar-refractivity contribution in [3.05, 3.63) is 0 Å². The van der Waals surface area contributed by atoms with E-state index in [0.717, 1.165) is 12.8 Å². The number of rotatable bonds is 2. The molecule has 0 spiro atoms. The van der Waals surface area contributed by atoms with Crippen molar-refractivity contribution in [2.45, 2.75) is 43.3 Å². The Hall–Kier alpha value is -0.170. The van der Waals surface area contributed by atoms with Gasteiger partial charge >= 0.3 is 0 Å². The van der Waals surface area contributed by atoms with Crippen molar-refractivity contribution in [1.29, 1.82) is 0 Å². The molecule has 0 aliphatic carbocycles. The molecule has 3 atom stereocenters. The lowest BCUT2D eigenvalue weighted by molar-refractivity contribution is -0.155. The molecule has 16 heavy (non-hydrogen) atoms. The molecular formula is C10H19NO4S. The molecule has 0 aromatic carbocycles. The predicted molar refractivity (Wildman–Crippen MR) is 59.7 cm³/mol. The van der Waals surface area contributed by atoms with Crippen molar-refractivity contribution in [1.82, 2.24) is 0 Å². The van der Waals surface area contributed by atoms with Crippen molar-refractivity contribution in [3.63, 3.8) is 0 Å². The average Bonchev–Trinajstić information content (AvgIpc) is 2.60. The maximum atomic E-state index is 12.0. The highest BCUT2D eigenvalue weighted by atomic mass is 32.2. The van der Waals surface area contributed by atoms with E-state index in [-0.39, 0.29) is 11.9 Å². The minimum absolute atomic E-state index is 0.179. The third-order valence-corrected chi connectivity index (χ3v) is 5.77. The van der Waals surface area contributed by atoms with Gasteiger partial charge in [-0.3, -0.25) is 0 Å². The van der Waals surface area contributed by atoms with E-state index in [0.29, 0.717) is 19.6 Å². The Morgan fingerprint density at radius 3 is 2.75 bits per heavy atom. The summed E-state index contributed by atoms with van der Waals surface area (Å²) in [6, 6.07) is 0. The molecule has 2 saturated heterocycles. The molecule has 2 fully saturated rings. The van der Waals surface area contributed by atoms with Crippen molar-refractivity contribution < 1.29 is 17.9 Å². The summed E-state index contributed by atoms with van der Waals surface area (Å²) in [5, 5.41) is -0.537. The van der Waals surface area contributed by atoms with Gasteiger partial charge in [0.05, 0.1) is 18.5 Å². The van der Waals surface area contributed by atoms with Gasteiger partial charge in [-0.2, -0.15) is 0 Å². The second-order valence-electron chi connectivity index (χ2n) is 4.65. The largest absolute Gasteiger partial charge is 0.346 e. The minimum Gasteiger partial charge on any atom is -0.346 e. The Morgan fingerprint density at radius 1 is 1.44 bits per heavy atom. The van der Waals surface area contributed by atoms with Crippen LogP contribution in [0.1, 0.15) is 26.2 Å². The first-order valence-electron chi connectivity index (χ1n) is 5.71. The van der Waals surface area contributed by atoms with Crippen LogP contribution in [0.25, 0.3) is 0 Å². The zero-order valence-electron chi connectivity index (χ0n) is 9.52. The van der Waals surface area contributed by atoms with E-state index < -0.39 is 20.9 Å². The lowest BCUT2D eigenvalue weighted by Crippen LogP contribution is -2.48. The van der Waals surface area contributed by atoms with Crippen LogP contribution in [0.15, 0.2) is 0 Å². The first-order chi connectivity index (χ1) is 7.48. The highest BCUT2D eigenvalue weighted by molar-refractivity contribution is 7.92. The highest BCUT2D eigenvalue weighted by Crippen LogP contribution is 2.36. The minimum atomic E-state index is -3.09. The van der Waals surface area contributed by atoms with Gasteiger partial charge in [-0.25, -0.2) is 8.42 Å². The Bertz CT molecular complexity index is 356. The summed E-state index contributed by atoms with van der Waals surface area (Å²) in [5.41, 5.74) is 5.50. The fraction of sp³-hybridized carbons (Fsp3) is 1.00. The van der Waals surface area contributed by atoms with Gasteiger partial charge in [0.2, 0.25) is 0 Å². The standard InChI is InChI=1S/C10H19NO4S/c1-10(14-7-8(6-11)15-10)9-4-2-3-5-16(9,12)13/h8-9H,2-7,11H2,1H3. The second kappa shape index (κ2) is 4.25. The van der Waals surface area contributed by atoms with Crippen LogP contribution < -0.4 is 5.73 Å². The van der Waals surface area contributed by atoms with Gasteiger partial charge in [-0.05, 0) is 19.8 Å². The lowest BCUT2D eigenvalue weighted by atomic mass is 10.1. The molecule has 94 valence electrons. The maximum Gasteiger partial charge on any atom is 0.182 e. The van der Waals surface area contributed by atoms with Crippen molar-refractivity contribution >= 4 is 9.84 Å². The highest BCUT2D eigenvalue weighted by Gasteiger charge is 2.50. The smallest absolute Gasteiger partial charge is 0.182 e. The average molecular weight is 249 g/mol. The van der Waals surface area contributed by atoms with E-state index in [2.05, 4.69) is 0 Å². The zero-order valence-corrected chi connectivity index (χ0v) is 10.3. The monoisotopic (exact) mass is 249 g/mol. The number of hydrogen-bond donors (Lipinski definition) is 1. The van der Waals surface area contributed by atoms with Crippen LogP contribution in [0, 0.1) is 0 Å². The van der Waals surface area contributed by atoms with Gasteiger partial charge in [-0.15, -0.1) is 0 Å². The molecule has 0 aromatic heterocycles. The molecule has 2 N–H and O–H groups in total. The molecule has 2 aliphatic rings. The number of nitrogens with two attached hydrogens (primary N) is 1. The lowest BCUT2D eigenvalue weighted by Gasteiger charge is -2.34. The van der Waals surface area contributed by atoms with Crippen LogP contribution in [-0.2, 0) is 19.3 Å². The predicted octanol–water partition coefficient (Wildman–Crippen LogP) is 0.0440. The van der Waals surface area contributed by atoms with E-state index >= 15 is 0 Å². The molecular weight excluding hydrogens is 230 g/mol. The van der Waals surface area contributed by atoms with Gasteiger partial charge < -0.3 is 15.2 Å². The fourth-order valence-corrected chi connectivity index (χ4v) is 4.68. The van der Waals surface area contributed by atoms with Crippen LogP contribution in [0.3, 0.4) is 0 Å². The van der Waals surface area contributed by atoms with Crippen LogP contribution in [0.2, 0.25) is 0 Å². The summed E-state index contributed by atoms with van der Waals surface area (Å²) in [4.78, 5) is 0. The molecule has 2 aliphatic heterocycles. The molecule has 2 heterocycles. The van der Waals surface area contributed by atoms with E-state index in [1.807, 2.05) is 0 Å². The Kier molecular flexibility index (Phi) is 3.27. The van der Waals surface area contributed by atoms with E-state index in [9.17, 15) is 8.42 Å². The Balaban J connectivity index is 2.17. The van der Waals surface area contributed by atoms with Crippen LogP contribution in [-0.4, -0.2) is 44.5 Å². The van der Waals surface area contributed by atoms with Crippen LogP contribution in [0.4, 0.5) is 0 Å². The van der Waals surface area contributed by atoms with E-state index in [1.165, 1.54) is 0 Å². The third-order valence-electron chi connectivity index (χ3n) is 3.38. The second-order valence-corrected chi connectivity index (χ2v) is 6.96. The summed E-state index contributed by atoms with van der Waals surface area (Å²) in [5.74, 6) is -0.753. The summed E-state index contributed by atoms with van der Waals surface area (Å²) in [6.07, 6.45) is 2.10. The summed E-state index contributed by atoms with van der Waals surface area (Å²) in [6.45, 7) is 2.47. The van der Waals surface area contributed by atoms with Crippen LogP contribution in [0.5, 0.6) is 0 Å². The molecule has 6 heteroatoms. The Labute approximate surface area is 96.2 Å². The molecule has 3 unspecified atom stereocenters. The third kappa shape index (κ3) is 2.11. The van der Waals surface area contributed by atoms with E-state index in [1.54, 1.807) is 6.92 Å². The number of sulfone groups is 1. The SMILES string of the molecule is CC1(C2CCCCS2(=O)=O)OCC(CN)O1. The van der Waals surface area contributed by atoms with Gasteiger partial charge in [-0.1, -0.05) is 6.42 Å². The normalized spacial score (nSPS) is 43.4. The van der Waals surface area contributed by atoms with Gasteiger partial charge in [0.15, 0.2) is 15.6 Å². The summed E-state index contributed by atoms with van der Waals surface area (Å²) in [7, 11) is -3.09. The van der Waals surface area contributed by atoms with Gasteiger partial charge in [0.1, 0.15) is 5.25 Å². The summed E-state index contributed by atoms with van der Waals surface area (Å²) < 4.78 is 35.1. The fourth-order valence-electron chi connectivity index (χ4n) is 2.49. The Morgan fingerprint density at radius 2 is 2.19 bits per heavy atom. The molecule has 0 bridgehead atoms. The van der Waals surface area contributed by atoms with Gasteiger partial charge in [0.25, 0.3) is 0 Å². The molecule has 2 rings (SSSR count). The van der Waals surface area contributed by atoms with Crippen molar-refractivity contribution in [2.24, 2.45) is 5.73 Å². The first kappa shape index (κ1) is 12.3. The molecule has 0 saturated carbocycles. The molecule has 0 radical (unpaired) electrons. The zero-order chi connectivity index (χ0) is 11.8. The topological polar surface area (TPSA) is 78.6 Å². The molecule has 5 nitrogen and oxygen atoms in total. The van der Waals surface area contributed by atoms with Crippen molar-refractivity contribution in [3.8, 4) is 0 Å². The maximum absolute atomic E-state index is 12.0. The summed E-state index contributed by atoms with van der Waals surface area (Å²) >= 11 is 0. The molecule has 0 amide bonds. The number of hydrogen-bond acceptors (Lipinski definition) is 5. The number of ether oxygens (including phenoxy) is 2.